The topological polar surface area (TPSA) is 18.5 Å². The molecule has 0 heterocycles. The predicted octanol–water partition coefficient (Wildman–Crippen LogP) is 5.10. The molecule has 0 saturated heterocycles. The lowest BCUT2D eigenvalue weighted by Gasteiger charge is -2.34. The molecule has 3 heteroatoms. The van der Waals surface area contributed by atoms with E-state index < -0.39 is 0 Å². The first-order chi connectivity index (χ1) is 11.3. The fourth-order valence-corrected chi connectivity index (χ4v) is 3.61. The Bertz CT molecular complexity index is 573. The molecule has 3 atom stereocenters. The predicted molar refractivity (Wildman–Crippen MR) is 96.6 cm³/mol. The highest BCUT2D eigenvalue weighted by molar-refractivity contribution is 9.09. The lowest BCUT2D eigenvalue weighted by Crippen LogP contribution is -2.38. The van der Waals surface area contributed by atoms with Crippen molar-refractivity contribution in [3.8, 4) is 0 Å². The van der Waals surface area contributed by atoms with E-state index in [0.717, 1.165) is 19.3 Å². The van der Waals surface area contributed by atoms with Crippen LogP contribution in [-0.2, 0) is 22.7 Å². The molecule has 3 unspecified atom stereocenters. The minimum absolute atomic E-state index is 0.150. The van der Waals surface area contributed by atoms with Gasteiger partial charge in [0, 0.05) is 4.83 Å². The summed E-state index contributed by atoms with van der Waals surface area (Å²) in [5.74, 6) is 0. The van der Waals surface area contributed by atoms with Crippen LogP contribution in [0.5, 0.6) is 0 Å². The number of halogens is 1. The largest absolute Gasteiger partial charge is 0.371 e. The lowest BCUT2D eigenvalue weighted by molar-refractivity contribution is -0.102. The van der Waals surface area contributed by atoms with Crippen molar-refractivity contribution in [3.63, 3.8) is 0 Å². The van der Waals surface area contributed by atoms with Crippen molar-refractivity contribution in [2.45, 2.75) is 49.5 Å². The molecular formula is C20H23BrO2. The zero-order chi connectivity index (χ0) is 15.9. The van der Waals surface area contributed by atoms with Crippen LogP contribution >= 0.6 is 15.9 Å². The Kier molecular flexibility index (Phi) is 6.26. The summed E-state index contributed by atoms with van der Waals surface area (Å²) in [6, 6.07) is 20.7. The van der Waals surface area contributed by atoms with Gasteiger partial charge in [0.15, 0.2) is 0 Å². The number of benzene rings is 2. The van der Waals surface area contributed by atoms with Crippen LogP contribution in [0.25, 0.3) is 0 Å². The Labute approximate surface area is 146 Å². The SMILES string of the molecule is BrC1CCC(OCc2ccccc2)C(OCc2ccccc2)C1. The van der Waals surface area contributed by atoms with E-state index >= 15 is 0 Å². The molecular weight excluding hydrogens is 352 g/mol. The van der Waals surface area contributed by atoms with Gasteiger partial charge in [-0.05, 0) is 30.4 Å². The molecule has 2 aromatic carbocycles. The van der Waals surface area contributed by atoms with Gasteiger partial charge in [-0.2, -0.15) is 0 Å². The van der Waals surface area contributed by atoms with E-state index in [4.69, 9.17) is 9.47 Å². The van der Waals surface area contributed by atoms with Crippen molar-refractivity contribution in [1.29, 1.82) is 0 Å². The highest BCUT2D eigenvalue weighted by Gasteiger charge is 2.30. The van der Waals surface area contributed by atoms with Crippen LogP contribution in [0.3, 0.4) is 0 Å². The molecule has 3 rings (SSSR count). The maximum absolute atomic E-state index is 6.19. The Hall–Kier alpha value is -1.16. The van der Waals surface area contributed by atoms with Gasteiger partial charge in [0.2, 0.25) is 0 Å². The molecule has 0 bridgehead atoms. The van der Waals surface area contributed by atoms with Crippen LogP contribution in [0.1, 0.15) is 30.4 Å². The fraction of sp³-hybridized carbons (Fsp3) is 0.400. The maximum atomic E-state index is 6.19. The summed E-state index contributed by atoms with van der Waals surface area (Å²) in [5, 5.41) is 0. The van der Waals surface area contributed by atoms with Gasteiger partial charge in [0.25, 0.3) is 0 Å². The van der Waals surface area contributed by atoms with Crippen LogP contribution in [0.2, 0.25) is 0 Å². The monoisotopic (exact) mass is 374 g/mol. The van der Waals surface area contributed by atoms with Gasteiger partial charge in [-0.15, -0.1) is 0 Å². The summed E-state index contributed by atoms with van der Waals surface area (Å²) in [6.45, 7) is 1.31. The number of hydrogen-bond acceptors (Lipinski definition) is 2. The van der Waals surface area contributed by atoms with E-state index in [0.29, 0.717) is 18.0 Å². The van der Waals surface area contributed by atoms with Crippen molar-refractivity contribution in [1.82, 2.24) is 0 Å². The van der Waals surface area contributed by atoms with E-state index in [9.17, 15) is 0 Å². The second-order valence-corrected chi connectivity index (χ2v) is 7.38. The van der Waals surface area contributed by atoms with E-state index in [2.05, 4.69) is 64.5 Å². The second kappa shape index (κ2) is 8.62. The summed E-state index contributed by atoms with van der Waals surface area (Å²) in [5.41, 5.74) is 2.43. The van der Waals surface area contributed by atoms with Crippen molar-refractivity contribution in [2.75, 3.05) is 0 Å². The molecule has 0 amide bonds. The molecule has 0 spiro atoms. The van der Waals surface area contributed by atoms with Crippen molar-refractivity contribution < 1.29 is 9.47 Å². The van der Waals surface area contributed by atoms with Crippen LogP contribution in [0, 0.1) is 0 Å². The molecule has 2 nitrogen and oxygen atoms in total. The van der Waals surface area contributed by atoms with E-state index in [1.165, 1.54) is 11.1 Å². The lowest BCUT2D eigenvalue weighted by atomic mass is 9.94. The molecule has 1 aliphatic rings. The standard InChI is InChI=1S/C20H23BrO2/c21-18-11-12-19(22-14-16-7-3-1-4-8-16)20(13-18)23-15-17-9-5-2-6-10-17/h1-10,18-20H,11-15H2. The van der Waals surface area contributed by atoms with E-state index in [1.807, 2.05) is 12.1 Å². The van der Waals surface area contributed by atoms with Gasteiger partial charge in [-0.25, -0.2) is 0 Å². The first-order valence-electron chi connectivity index (χ1n) is 8.26. The minimum atomic E-state index is 0.150. The highest BCUT2D eigenvalue weighted by Crippen LogP contribution is 2.30. The second-order valence-electron chi connectivity index (χ2n) is 6.08. The third kappa shape index (κ3) is 5.17. The molecule has 23 heavy (non-hydrogen) atoms. The summed E-state index contributed by atoms with van der Waals surface area (Å²) < 4.78 is 12.4. The van der Waals surface area contributed by atoms with Crippen LogP contribution in [0.15, 0.2) is 60.7 Å². The van der Waals surface area contributed by atoms with Crippen LogP contribution in [0.4, 0.5) is 0 Å². The minimum Gasteiger partial charge on any atom is -0.371 e. The summed E-state index contributed by atoms with van der Waals surface area (Å²) >= 11 is 3.74. The average molecular weight is 375 g/mol. The molecule has 2 aromatic rings. The van der Waals surface area contributed by atoms with Gasteiger partial charge < -0.3 is 9.47 Å². The Morgan fingerprint density at radius 1 is 0.739 bits per heavy atom. The van der Waals surface area contributed by atoms with Gasteiger partial charge >= 0.3 is 0 Å². The van der Waals surface area contributed by atoms with Crippen molar-refractivity contribution in [2.24, 2.45) is 0 Å². The van der Waals surface area contributed by atoms with Crippen LogP contribution in [-0.4, -0.2) is 17.0 Å². The van der Waals surface area contributed by atoms with E-state index in [1.54, 1.807) is 0 Å². The first kappa shape index (κ1) is 16.7. The molecule has 0 radical (unpaired) electrons. The molecule has 0 aliphatic heterocycles. The zero-order valence-corrected chi connectivity index (χ0v) is 14.8. The van der Waals surface area contributed by atoms with Gasteiger partial charge in [0.05, 0.1) is 25.4 Å². The highest BCUT2D eigenvalue weighted by atomic mass is 79.9. The Morgan fingerprint density at radius 3 is 1.83 bits per heavy atom. The van der Waals surface area contributed by atoms with Crippen LogP contribution < -0.4 is 0 Å². The summed E-state index contributed by atoms with van der Waals surface area (Å²) in [4.78, 5) is 0.528. The third-order valence-corrected chi connectivity index (χ3v) is 5.11. The molecule has 0 N–H and O–H groups in total. The number of rotatable bonds is 6. The quantitative estimate of drug-likeness (QED) is 0.654. The molecule has 1 fully saturated rings. The summed E-state index contributed by atoms with van der Waals surface area (Å²) in [6.07, 6.45) is 3.52. The fourth-order valence-electron chi connectivity index (χ4n) is 2.97. The summed E-state index contributed by atoms with van der Waals surface area (Å²) in [7, 11) is 0. The molecule has 1 aliphatic carbocycles. The Balaban J connectivity index is 1.55. The van der Waals surface area contributed by atoms with E-state index in [-0.39, 0.29) is 12.2 Å². The smallest absolute Gasteiger partial charge is 0.0852 e. The molecule has 0 aromatic heterocycles. The van der Waals surface area contributed by atoms with Crippen molar-refractivity contribution >= 4 is 15.9 Å². The number of hydrogen-bond donors (Lipinski definition) is 0. The van der Waals surface area contributed by atoms with Gasteiger partial charge in [-0.1, -0.05) is 76.6 Å². The normalized spacial score (nSPS) is 24.5. The Morgan fingerprint density at radius 2 is 1.26 bits per heavy atom. The van der Waals surface area contributed by atoms with Gasteiger partial charge in [0.1, 0.15) is 0 Å². The van der Waals surface area contributed by atoms with Gasteiger partial charge in [-0.3, -0.25) is 0 Å². The number of ether oxygens (including phenoxy) is 2. The molecule has 122 valence electrons. The first-order valence-corrected chi connectivity index (χ1v) is 9.18. The average Bonchev–Trinajstić information content (AvgIpc) is 2.61. The third-order valence-electron chi connectivity index (χ3n) is 4.28. The zero-order valence-electron chi connectivity index (χ0n) is 13.2. The number of alkyl halides is 1. The maximum Gasteiger partial charge on any atom is 0.0852 e. The molecule has 1 saturated carbocycles. The van der Waals surface area contributed by atoms with Crippen molar-refractivity contribution in [3.05, 3.63) is 71.8 Å².